The lowest BCUT2D eigenvalue weighted by atomic mass is 10.0. The molecule has 31 heavy (non-hydrogen) atoms. The van der Waals surface area contributed by atoms with E-state index in [-0.39, 0.29) is 23.4 Å². The minimum atomic E-state index is -0.872. The summed E-state index contributed by atoms with van der Waals surface area (Å²) in [5.41, 5.74) is 1.31. The van der Waals surface area contributed by atoms with Crippen LogP contribution in [0.3, 0.4) is 0 Å². The number of ketones is 1. The third kappa shape index (κ3) is 5.97. The summed E-state index contributed by atoms with van der Waals surface area (Å²) in [5.74, 6) is 4.01. The molecular weight excluding hydrogens is 401 g/mol. The van der Waals surface area contributed by atoms with Gasteiger partial charge in [0.25, 0.3) is 0 Å². The standard InChI is InChI=1S/C23H20FN3O4/c24-18-10-6-9-17(13-18)22(29)19-11-4-5-12-20(19)26-21(28)14-27(25)23(30)31-15-16-7-2-1-3-8-16/h1-13H,14-15,25H2,(H,26,28). The highest BCUT2D eigenvalue weighted by Crippen LogP contribution is 2.20. The lowest BCUT2D eigenvalue weighted by molar-refractivity contribution is -0.117. The molecule has 0 heterocycles. The summed E-state index contributed by atoms with van der Waals surface area (Å²) in [5, 5.41) is 3.19. The van der Waals surface area contributed by atoms with Gasteiger partial charge in [0.1, 0.15) is 19.0 Å². The van der Waals surface area contributed by atoms with E-state index in [2.05, 4.69) is 5.32 Å². The fourth-order valence-corrected chi connectivity index (χ4v) is 2.79. The molecule has 0 aliphatic heterocycles. The zero-order valence-corrected chi connectivity index (χ0v) is 16.5. The van der Waals surface area contributed by atoms with Crippen LogP contribution in [0.15, 0.2) is 78.9 Å². The van der Waals surface area contributed by atoms with Gasteiger partial charge in [-0.1, -0.05) is 54.6 Å². The van der Waals surface area contributed by atoms with Crippen molar-refractivity contribution in [3.05, 3.63) is 101 Å². The summed E-state index contributed by atoms with van der Waals surface area (Å²) in [7, 11) is 0. The lowest BCUT2D eigenvalue weighted by Crippen LogP contribution is -2.43. The number of benzene rings is 3. The van der Waals surface area contributed by atoms with E-state index < -0.39 is 30.1 Å². The molecule has 3 rings (SSSR count). The number of carbonyl (C=O) groups excluding carboxylic acids is 3. The molecule has 0 aromatic heterocycles. The third-order valence-corrected chi connectivity index (χ3v) is 4.29. The molecule has 158 valence electrons. The first kappa shape index (κ1) is 21.7. The molecule has 3 aromatic carbocycles. The molecule has 0 fully saturated rings. The van der Waals surface area contributed by atoms with Crippen molar-refractivity contribution >= 4 is 23.5 Å². The molecule has 0 atom stereocenters. The maximum atomic E-state index is 13.5. The first-order valence-corrected chi connectivity index (χ1v) is 9.36. The van der Waals surface area contributed by atoms with Gasteiger partial charge in [-0.25, -0.2) is 20.0 Å². The number of rotatable bonds is 7. The zero-order chi connectivity index (χ0) is 22.2. The molecular formula is C23H20FN3O4. The summed E-state index contributed by atoms with van der Waals surface area (Å²) >= 11 is 0. The second-order valence-corrected chi connectivity index (χ2v) is 6.60. The van der Waals surface area contributed by atoms with Gasteiger partial charge in [-0.05, 0) is 29.8 Å². The molecule has 0 bridgehead atoms. The van der Waals surface area contributed by atoms with Gasteiger partial charge in [0, 0.05) is 11.1 Å². The third-order valence-electron chi connectivity index (χ3n) is 4.29. The number of ether oxygens (including phenoxy) is 1. The molecule has 0 radical (unpaired) electrons. The SMILES string of the molecule is NN(CC(=O)Nc1ccccc1C(=O)c1cccc(F)c1)C(=O)OCc1ccccc1. The number of para-hydroxylation sites is 1. The van der Waals surface area contributed by atoms with Crippen LogP contribution in [0.5, 0.6) is 0 Å². The van der Waals surface area contributed by atoms with E-state index in [1.165, 1.54) is 30.3 Å². The van der Waals surface area contributed by atoms with E-state index in [4.69, 9.17) is 10.6 Å². The number of halogens is 1. The number of carbonyl (C=O) groups is 3. The average molecular weight is 421 g/mol. The van der Waals surface area contributed by atoms with Gasteiger partial charge < -0.3 is 10.1 Å². The van der Waals surface area contributed by atoms with Crippen molar-refractivity contribution in [2.45, 2.75) is 6.61 Å². The highest BCUT2D eigenvalue weighted by molar-refractivity contribution is 6.14. The summed E-state index contributed by atoms with van der Waals surface area (Å²) in [4.78, 5) is 37.1. The van der Waals surface area contributed by atoms with Crippen LogP contribution in [0.4, 0.5) is 14.9 Å². The number of hydrogen-bond donors (Lipinski definition) is 2. The van der Waals surface area contributed by atoms with Crippen LogP contribution in [0, 0.1) is 5.82 Å². The Hall–Kier alpha value is -4.04. The smallest absolute Gasteiger partial charge is 0.424 e. The molecule has 3 N–H and O–H groups in total. The van der Waals surface area contributed by atoms with Crippen LogP contribution in [0.2, 0.25) is 0 Å². The number of nitrogens with zero attached hydrogens (tertiary/aromatic N) is 1. The summed E-state index contributed by atoms with van der Waals surface area (Å²) in [6, 6.07) is 20.6. The first-order valence-electron chi connectivity index (χ1n) is 9.36. The molecule has 3 aromatic rings. The molecule has 8 heteroatoms. The fraction of sp³-hybridized carbons (Fsp3) is 0.0870. The molecule has 0 aliphatic rings. The Labute approximate surface area is 178 Å². The van der Waals surface area contributed by atoms with Gasteiger partial charge in [0.2, 0.25) is 5.91 Å². The van der Waals surface area contributed by atoms with Crippen molar-refractivity contribution in [2.75, 3.05) is 11.9 Å². The van der Waals surface area contributed by atoms with Crippen molar-refractivity contribution in [1.29, 1.82) is 0 Å². The van der Waals surface area contributed by atoms with E-state index >= 15 is 0 Å². The molecule has 0 spiro atoms. The van der Waals surface area contributed by atoms with Crippen LogP contribution in [0.25, 0.3) is 0 Å². The van der Waals surface area contributed by atoms with Crippen molar-refractivity contribution in [3.8, 4) is 0 Å². The Balaban J connectivity index is 1.61. The summed E-state index contributed by atoms with van der Waals surface area (Å²) < 4.78 is 18.5. The van der Waals surface area contributed by atoms with Crippen LogP contribution in [-0.4, -0.2) is 29.3 Å². The lowest BCUT2D eigenvalue weighted by Gasteiger charge is -2.17. The Bertz CT molecular complexity index is 1090. The van der Waals surface area contributed by atoms with E-state index in [0.717, 1.165) is 11.6 Å². The van der Waals surface area contributed by atoms with Gasteiger partial charge in [-0.3, -0.25) is 9.59 Å². The zero-order valence-electron chi connectivity index (χ0n) is 16.5. The Morgan fingerprint density at radius 2 is 1.65 bits per heavy atom. The number of nitrogens with one attached hydrogen (secondary N) is 1. The van der Waals surface area contributed by atoms with Crippen molar-refractivity contribution < 1.29 is 23.5 Å². The first-order chi connectivity index (χ1) is 14.9. The minimum Gasteiger partial charge on any atom is -0.444 e. The maximum absolute atomic E-state index is 13.5. The number of anilines is 1. The topological polar surface area (TPSA) is 102 Å². The molecule has 0 aliphatic carbocycles. The molecule has 0 unspecified atom stereocenters. The predicted molar refractivity (Wildman–Crippen MR) is 112 cm³/mol. The molecule has 0 saturated heterocycles. The van der Waals surface area contributed by atoms with E-state index in [1.54, 1.807) is 36.4 Å². The number of hydrazine groups is 1. The summed E-state index contributed by atoms with van der Waals surface area (Å²) in [6.07, 6.45) is -0.872. The van der Waals surface area contributed by atoms with Crippen LogP contribution in [0.1, 0.15) is 21.5 Å². The van der Waals surface area contributed by atoms with E-state index in [9.17, 15) is 18.8 Å². The van der Waals surface area contributed by atoms with Gasteiger partial charge in [-0.2, -0.15) is 0 Å². The molecule has 7 nitrogen and oxygen atoms in total. The van der Waals surface area contributed by atoms with Gasteiger partial charge in [0.05, 0.1) is 5.69 Å². The predicted octanol–water partition coefficient (Wildman–Crippen LogP) is 3.51. The average Bonchev–Trinajstić information content (AvgIpc) is 2.78. The van der Waals surface area contributed by atoms with Crippen molar-refractivity contribution in [3.63, 3.8) is 0 Å². The number of hydrogen-bond acceptors (Lipinski definition) is 5. The largest absolute Gasteiger partial charge is 0.444 e. The number of nitrogens with two attached hydrogens (primary N) is 1. The molecule has 0 saturated carbocycles. The highest BCUT2D eigenvalue weighted by Gasteiger charge is 2.19. The number of amides is 2. The monoisotopic (exact) mass is 421 g/mol. The minimum absolute atomic E-state index is 0.0139. The van der Waals surface area contributed by atoms with Gasteiger partial charge in [0.15, 0.2) is 5.78 Å². The van der Waals surface area contributed by atoms with Crippen molar-refractivity contribution in [1.82, 2.24) is 5.01 Å². The quantitative estimate of drug-likeness (QED) is 0.263. The Morgan fingerprint density at radius 3 is 2.39 bits per heavy atom. The van der Waals surface area contributed by atoms with E-state index in [0.29, 0.717) is 5.01 Å². The van der Waals surface area contributed by atoms with Gasteiger partial charge >= 0.3 is 6.09 Å². The van der Waals surface area contributed by atoms with Crippen LogP contribution < -0.4 is 11.2 Å². The van der Waals surface area contributed by atoms with Crippen molar-refractivity contribution in [2.24, 2.45) is 5.84 Å². The molecule has 2 amide bonds. The maximum Gasteiger partial charge on any atom is 0.424 e. The second kappa shape index (κ2) is 10.1. The normalized spacial score (nSPS) is 10.3. The van der Waals surface area contributed by atoms with Crippen LogP contribution >= 0.6 is 0 Å². The van der Waals surface area contributed by atoms with E-state index in [1.807, 2.05) is 6.07 Å². The fourth-order valence-electron chi connectivity index (χ4n) is 2.79. The Kier molecular flexibility index (Phi) is 7.08. The van der Waals surface area contributed by atoms with Gasteiger partial charge in [-0.15, -0.1) is 0 Å². The highest BCUT2D eigenvalue weighted by atomic mass is 19.1. The summed E-state index contributed by atoms with van der Waals surface area (Å²) in [6.45, 7) is -0.476. The van der Waals surface area contributed by atoms with Crippen LogP contribution in [-0.2, 0) is 16.1 Å². The Morgan fingerprint density at radius 1 is 0.935 bits per heavy atom. The second-order valence-electron chi connectivity index (χ2n) is 6.60.